The highest BCUT2D eigenvalue weighted by molar-refractivity contribution is 5.96. The fraction of sp³-hybridized carbons (Fsp3) is 0.565. The number of hydrogen-bond acceptors (Lipinski definition) is 4. The number of allylic oxidation sites excluding steroid dienone is 5. The fourth-order valence-corrected chi connectivity index (χ4v) is 4.94. The maximum atomic E-state index is 12.8. The molecule has 4 aliphatic rings. The molecule has 2 aliphatic heterocycles. The van der Waals surface area contributed by atoms with E-state index in [1.54, 1.807) is 0 Å². The minimum Gasteiger partial charge on any atom is -0.427 e. The van der Waals surface area contributed by atoms with Crippen LogP contribution in [0.2, 0.25) is 0 Å². The zero-order chi connectivity index (χ0) is 19.0. The highest BCUT2D eigenvalue weighted by Gasteiger charge is 2.48. The standard InChI is InChI=1S/C23H28O4/c1-3-5-7-18-17-12-11-16-14-9-10-15(13-14)22(24)27-19(8-6-4-2)20(16)21(17)23(25)26-18/h7-8,13-14,16,20H,3-6,9-12H2,1-2H3/b18-7+,19-8-. The summed E-state index contributed by atoms with van der Waals surface area (Å²) in [6.45, 7) is 4.22. The van der Waals surface area contributed by atoms with Crippen molar-refractivity contribution in [2.45, 2.75) is 65.2 Å². The quantitative estimate of drug-likeness (QED) is 0.646. The lowest BCUT2D eigenvalue weighted by atomic mass is 9.68. The molecule has 0 fully saturated rings. The van der Waals surface area contributed by atoms with Gasteiger partial charge in [-0.25, -0.2) is 9.59 Å². The molecule has 4 rings (SSSR count). The van der Waals surface area contributed by atoms with Crippen LogP contribution >= 0.6 is 0 Å². The van der Waals surface area contributed by atoms with Crippen molar-refractivity contribution < 1.29 is 19.1 Å². The first kappa shape index (κ1) is 18.3. The van der Waals surface area contributed by atoms with E-state index in [9.17, 15) is 9.59 Å². The van der Waals surface area contributed by atoms with E-state index in [1.807, 2.05) is 12.2 Å². The summed E-state index contributed by atoms with van der Waals surface area (Å²) in [4.78, 5) is 25.4. The molecule has 4 heteroatoms. The molecule has 2 bridgehead atoms. The molecule has 144 valence electrons. The highest BCUT2D eigenvalue weighted by atomic mass is 16.5. The molecule has 3 unspecified atom stereocenters. The van der Waals surface area contributed by atoms with Gasteiger partial charge in [0.1, 0.15) is 11.5 Å². The van der Waals surface area contributed by atoms with Crippen LogP contribution in [0.4, 0.5) is 0 Å². The lowest BCUT2D eigenvalue weighted by Crippen LogP contribution is -2.32. The monoisotopic (exact) mass is 368 g/mol. The van der Waals surface area contributed by atoms with Crippen molar-refractivity contribution >= 4 is 11.9 Å². The van der Waals surface area contributed by atoms with E-state index in [0.717, 1.165) is 73.8 Å². The molecule has 4 nitrogen and oxygen atoms in total. The van der Waals surface area contributed by atoms with E-state index in [-0.39, 0.29) is 17.9 Å². The summed E-state index contributed by atoms with van der Waals surface area (Å²) in [5, 5.41) is 0. The van der Waals surface area contributed by atoms with Crippen LogP contribution in [0.1, 0.15) is 65.2 Å². The van der Waals surface area contributed by atoms with Crippen molar-refractivity contribution in [3.63, 3.8) is 0 Å². The van der Waals surface area contributed by atoms with Crippen molar-refractivity contribution in [1.82, 2.24) is 0 Å². The fourth-order valence-electron chi connectivity index (χ4n) is 4.94. The molecule has 0 saturated carbocycles. The van der Waals surface area contributed by atoms with Crippen LogP contribution in [-0.4, -0.2) is 11.9 Å². The van der Waals surface area contributed by atoms with Gasteiger partial charge >= 0.3 is 11.9 Å². The number of rotatable bonds is 4. The van der Waals surface area contributed by atoms with Gasteiger partial charge in [-0.15, -0.1) is 0 Å². The molecule has 0 spiro atoms. The van der Waals surface area contributed by atoms with Crippen molar-refractivity contribution in [2.75, 3.05) is 0 Å². The Balaban J connectivity index is 1.80. The predicted octanol–water partition coefficient (Wildman–Crippen LogP) is 5.13. The highest BCUT2D eigenvalue weighted by Crippen LogP contribution is 2.52. The number of cyclic esters (lactones) is 2. The predicted molar refractivity (Wildman–Crippen MR) is 102 cm³/mol. The minimum absolute atomic E-state index is 0.162. The normalized spacial score (nSPS) is 32.7. The van der Waals surface area contributed by atoms with Crippen LogP contribution in [0, 0.1) is 17.8 Å². The third-order valence-electron chi connectivity index (χ3n) is 6.26. The SMILES string of the molecule is CCC/C=C1\OC(=O)C2=CC(CC2)C2CCC3=C(C(=O)O/C3=C/CCC)C12. The Bertz CT molecular complexity index is 780. The number of carbonyl (C=O) groups excluding carboxylic acids is 2. The van der Waals surface area contributed by atoms with Gasteiger partial charge in [-0.3, -0.25) is 0 Å². The van der Waals surface area contributed by atoms with Crippen LogP contribution in [0.5, 0.6) is 0 Å². The Morgan fingerprint density at radius 1 is 1.00 bits per heavy atom. The Morgan fingerprint density at radius 2 is 1.78 bits per heavy atom. The third kappa shape index (κ3) is 3.19. The van der Waals surface area contributed by atoms with Gasteiger partial charge in [0, 0.05) is 11.1 Å². The summed E-state index contributed by atoms with van der Waals surface area (Å²) in [7, 11) is 0. The van der Waals surface area contributed by atoms with E-state index >= 15 is 0 Å². The minimum atomic E-state index is -0.247. The lowest BCUT2D eigenvalue weighted by molar-refractivity contribution is -0.138. The number of carbonyl (C=O) groups is 2. The summed E-state index contributed by atoms with van der Waals surface area (Å²) in [6, 6.07) is 0. The summed E-state index contributed by atoms with van der Waals surface area (Å²) in [5.74, 6) is 1.41. The van der Waals surface area contributed by atoms with E-state index in [2.05, 4.69) is 19.9 Å². The largest absolute Gasteiger partial charge is 0.427 e. The molecule has 0 saturated heterocycles. The van der Waals surface area contributed by atoms with E-state index < -0.39 is 0 Å². The van der Waals surface area contributed by atoms with Gasteiger partial charge in [0.25, 0.3) is 0 Å². The molecule has 27 heavy (non-hydrogen) atoms. The van der Waals surface area contributed by atoms with Gasteiger partial charge in [0.2, 0.25) is 0 Å². The first-order valence-corrected chi connectivity index (χ1v) is 10.4. The summed E-state index contributed by atoms with van der Waals surface area (Å²) < 4.78 is 11.5. The smallest absolute Gasteiger partial charge is 0.340 e. The molecule has 0 aromatic carbocycles. The number of ether oxygens (including phenoxy) is 2. The number of hydrogen-bond donors (Lipinski definition) is 0. The molecule has 3 atom stereocenters. The third-order valence-corrected chi connectivity index (χ3v) is 6.26. The molecular formula is C23H28O4. The average molecular weight is 368 g/mol. The van der Waals surface area contributed by atoms with Crippen molar-refractivity contribution in [3.05, 3.63) is 46.5 Å². The lowest BCUT2D eigenvalue weighted by Gasteiger charge is -2.36. The van der Waals surface area contributed by atoms with E-state index in [4.69, 9.17) is 9.47 Å². The van der Waals surface area contributed by atoms with Crippen LogP contribution in [0.15, 0.2) is 46.5 Å². The van der Waals surface area contributed by atoms with Crippen molar-refractivity contribution in [3.8, 4) is 0 Å². The van der Waals surface area contributed by atoms with Crippen LogP contribution in [0.3, 0.4) is 0 Å². The first-order chi connectivity index (χ1) is 13.1. The van der Waals surface area contributed by atoms with Crippen molar-refractivity contribution in [2.24, 2.45) is 17.8 Å². The number of unbranched alkanes of at least 4 members (excludes halogenated alkanes) is 2. The second-order valence-electron chi connectivity index (χ2n) is 8.00. The Kier molecular flexibility index (Phi) is 5.07. The van der Waals surface area contributed by atoms with Gasteiger partial charge in [-0.05, 0) is 62.5 Å². The summed E-state index contributed by atoms with van der Waals surface area (Å²) >= 11 is 0. The van der Waals surface area contributed by atoms with Gasteiger partial charge in [-0.2, -0.15) is 0 Å². The second kappa shape index (κ2) is 7.49. The Morgan fingerprint density at radius 3 is 2.56 bits per heavy atom. The topological polar surface area (TPSA) is 52.6 Å². The first-order valence-electron chi connectivity index (χ1n) is 10.4. The van der Waals surface area contributed by atoms with Crippen LogP contribution in [-0.2, 0) is 19.1 Å². The van der Waals surface area contributed by atoms with Crippen LogP contribution in [0.25, 0.3) is 0 Å². The molecule has 0 N–H and O–H groups in total. The molecule has 0 aromatic rings. The molecule has 2 aliphatic carbocycles. The Labute approximate surface area is 161 Å². The van der Waals surface area contributed by atoms with E-state index in [0.29, 0.717) is 17.6 Å². The second-order valence-corrected chi connectivity index (χ2v) is 8.00. The van der Waals surface area contributed by atoms with Gasteiger partial charge in [-0.1, -0.05) is 32.8 Å². The van der Waals surface area contributed by atoms with Gasteiger partial charge in [0.15, 0.2) is 0 Å². The molecule has 0 amide bonds. The molecular weight excluding hydrogens is 340 g/mol. The molecule has 0 aromatic heterocycles. The molecule has 2 heterocycles. The van der Waals surface area contributed by atoms with E-state index in [1.165, 1.54) is 0 Å². The summed E-state index contributed by atoms with van der Waals surface area (Å²) in [5.41, 5.74) is 2.58. The number of fused-ring (bicyclic) bond motifs is 4. The zero-order valence-corrected chi connectivity index (χ0v) is 16.3. The van der Waals surface area contributed by atoms with Gasteiger partial charge < -0.3 is 9.47 Å². The average Bonchev–Trinajstić information content (AvgIpc) is 3.28. The maximum absolute atomic E-state index is 12.8. The van der Waals surface area contributed by atoms with Crippen LogP contribution < -0.4 is 0 Å². The summed E-state index contributed by atoms with van der Waals surface area (Å²) in [6.07, 6.45) is 13.5. The maximum Gasteiger partial charge on any atom is 0.340 e. The molecule has 0 radical (unpaired) electrons. The number of esters is 2. The van der Waals surface area contributed by atoms with Crippen molar-refractivity contribution in [1.29, 1.82) is 0 Å². The van der Waals surface area contributed by atoms with Gasteiger partial charge in [0.05, 0.1) is 11.5 Å². The Hall–Kier alpha value is -2.10. The zero-order valence-electron chi connectivity index (χ0n) is 16.3.